The average Bonchev–Trinajstić information content (AvgIpc) is 2.60. The van der Waals surface area contributed by atoms with Crippen molar-refractivity contribution in [3.8, 4) is 0 Å². The zero-order valence-corrected chi connectivity index (χ0v) is 14.2. The minimum atomic E-state index is -0.656. The number of amides is 2. The van der Waals surface area contributed by atoms with Crippen LogP contribution in [0.1, 0.15) is 38.5 Å². The Hall–Kier alpha value is -1.82. The van der Waals surface area contributed by atoms with Gasteiger partial charge >= 0.3 is 6.03 Å². The number of urea groups is 1. The molecule has 2 fully saturated rings. The first-order valence-electron chi connectivity index (χ1n) is 9.04. The highest BCUT2D eigenvalue weighted by atomic mass is 16.3. The number of nitrogens with zero attached hydrogens (tertiary/aromatic N) is 2. The molecular formula is C18H28N4O2. The monoisotopic (exact) mass is 332 g/mol. The Labute approximate surface area is 143 Å². The maximum Gasteiger partial charge on any atom is 0.314 e. The summed E-state index contributed by atoms with van der Waals surface area (Å²) < 4.78 is 0. The molecule has 3 N–H and O–H groups in total. The van der Waals surface area contributed by atoms with Crippen molar-refractivity contribution in [2.75, 3.05) is 31.1 Å². The molecule has 1 aliphatic heterocycles. The van der Waals surface area contributed by atoms with E-state index in [-0.39, 0.29) is 6.03 Å². The first-order valence-corrected chi connectivity index (χ1v) is 9.04. The highest BCUT2D eigenvalue weighted by Crippen LogP contribution is 2.30. The molecule has 2 amide bonds. The minimum Gasteiger partial charge on any atom is -0.388 e. The van der Waals surface area contributed by atoms with E-state index in [4.69, 9.17) is 0 Å². The molecule has 3 rings (SSSR count). The molecule has 1 saturated heterocycles. The summed E-state index contributed by atoms with van der Waals surface area (Å²) in [7, 11) is 0. The smallest absolute Gasteiger partial charge is 0.314 e. The topological polar surface area (TPSA) is 77.5 Å². The predicted molar refractivity (Wildman–Crippen MR) is 94.0 cm³/mol. The van der Waals surface area contributed by atoms with Crippen molar-refractivity contribution in [3.63, 3.8) is 0 Å². The summed E-state index contributed by atoms with van der Waals surface area (Å²) in [6, 6.07) is 3.95. The number of pyridine rings is 1. The molecule has 0 atom stereocenters. The number of hydrogen-bond acceptors (Lipinski definition) is 4. The fourth-order valence-electron chi connectivity index (χ4n) is 3.49. The van der Waals surface area contributed by atoms with Gasteiger partial charge in [0.2, 0.25) is 0 Å². The summed E-state index contributed by atoms with van der Waals surface area (Å²) in [5.41, 5.74) is 0.590. The molecule has 2 aliphatic rings. The molecular weight excluding hydrogens is 304 g/mol. The summed E-state index contributed by atoms with van der Waals surface area (Å²) in [6.45, 7) is 3.19. The van der Waals surface area contributed by atoms with E-state index in [1.54, 1.807) is 0 Å². The second-order valence-corrected chi connectivity index (χ2v) is 7.11. The molecule has 1 aromatic rings. The Morgan fingerprint density at radius 3 is 2.58 bits per heavy atom. The van der Waals surface area contributed by atoms with Crippen LogP contribution in [0, 0.1) is 5.92 Å². The normalized spacial score (nSPS) is 20.3. The highest BCUT2D eigenvalue weighted by molar-refractivity contribution is 5.73. The van der Waals surface area contributed by atoms with E-state index in [0.29, 0.717) is 19.0 Å². The average molecular weight is 332 g/mol. The van der Waals surface area contributed by atoms with Crippen LogP contribution in [0.15, 0.2) is 24.5 Å². The molecule has 0 bridgehead atoms. The first kappa shape index (κ1) is 17.0. The molecule has 132 valence electrons. The first-order chi connectivity index (χ1) is 11.6. The molecule has 24 heavy (non-hydrogen) atoms. The lowest BCUT2D eigenvalue weighted by Crippen LogP contribution is -2.50. The van der Waals surface area contributed by atoms with Gasteiger partial charge < -0.3 is 20.6 Å². The van der Waals surface area contributed by atoms with Crippen LogP contribution in [0.3, 0.4) is 0 Å². The zero-order chi connectivity index (χ0) is 16.8. The molecule has 0 spiro atoms. The second-order valence-electron chi connectivity index (χ2n) is 7.11. The van der Waals surface area contributed by atoms with Gasteiger partial charge in [-0.15, -0.1) is 0 Å². The number of aliphatic hydroxyl groups is 1. The number of anilines is 1. The minimum absolute atomic E-state index is 0.162. The van der Waals surface area contributed by atoms with Gasteiger partial charge in [-0.1, -0.05) is 0 Å². The SMILES string of the molecule is O=C(NCCC1CCN(c2ccncc2)CC1)NCC1(O)CCC1. The van der Waals surface area contributed by atoms with Crippen LogP contribution < -0.4 is 15.5 Å². The molecule has 6 heteroatoms. The van der Waals surface area contributed by atoms with Crippen LogP contribution in [-0.4, -0.2) is 47.9 Å². The summed E-state index contributed by atoms with van der Waals surface area (Å²) in [4.78, 5) is 18.2. The Kier molecular flexibility index (Phi) is 5.56. The number of piperidine rings is 1. The zero-order valence-electron chi connectivity index (χ0n) is 14.2. The van der Waals surface area contributed by atoms with E-state index < -0.39 is 5.60 Å². The standard InChI is InChI=1S/C18H28N4O2/c23-17(21-14-18(24)7-1-8-18)20-11-2-15-5-12-22(13-6-15)16-3-9-19-10-4-16/h3-4,9-10,15,24H,1-2,5-8,11-14H2,(H2,20,21,23). The van der Waals surface area contributed by atoms with Crippen LogP contribution in [-0.2, 0) is 0 Å². The van der Waals surface area contributed by atoms with Crippen molar-refractivity contribution < 1.29 is 9.90 Å². The summed E-state index contributed by atoms with van der Waals surface area (Å²) in [5, 5.41) is 15.6. The van der Waals surface area contributed by atoms with Crippen molar-refractivity contribution in [2.24, 2.45) is 5.92 Å². The van der Waals surface area contributed by atoms with E-state index in [1.807, 2.05) is 12.4 Å². The summed E-state index contributed by atoms with van der Waals surface area (Å²) in [6.07, 6.45) is 9.65. The summed E-state index contributed by atoms with van der Waals surface area (Å²) >= 11 is 0. The van der Waals surface area contributed by atoms with Gasteiger partial charge in [0.05, 0.1) is 5.60 Å². The van der Waals surface area contributed by atoms with E-state index in [0.717, 1.165) is 51.6 Å². The number of rotatable bonds is 6. The molecule has 2 heterocycles. The van der Waals surface area contributed by atoms with Crippen molar-refractivity contribution in [3.05, 3.63) is 24.5 Å². The van der Waals surface area contributed by atoms with Crippen molar-refractivity contribution >= 4 is 11.7 Å². The van der Waals surface area contributed by atoms with Crippen LogP contribution in [0.5, 0.6) is 0 Å². The maximum atomic E-state index is 11.8. The van der Waals surface area contributed by atoms with Gasteiger partial charge in [0, 0.05) is 44.3 Å². The van der Waals surface area contributed by atoms with Gasteiger partial charge in [-0.25, -0.2) is 4.79 Å². The third-order valence-electron chi connectivity index (χ3n) is 5.34. The van der Waals surface area contributed by atoms with E-state index >= 15 is 0 Å². The number of carbonyl (C=O) groups excluding carboxylic acids is 1. The third kappa shape index (κ3) is 4.60. The quantitative estimate of drug-likeness (QED) is 0.743. The lowest BCUT2D eigenvalue weighted by atomic mass is 9.80. The Morgan fingerprint density at radius 1 is 1.25 bits per heavy atom. The van der Waals surface area contributed by atoms with Gasteiger partial charge in [-0.3, -0.25) is 4.98 Å². The molecule has 1 aromatic heterocycles. The summed E-state index contributed by atoms with van der Waals surface area (Å²) in [5.74, 6) is 0.666. The molecule has 0 unspecified atom stereocenters. The second kappa shape index (κ2) is 7.83. The van der Waals surface area contributed by atoms with E-state index in [9.17, 15) is 9.90 Å². The van der Waals surface area contributed by atoms with Gasteiger partial charge in [-0.2, -0.15) is 0 Å². The number of nitrogens with one attached hydrogen (secondary N) is 2. The molecule has 0 radical (unpaired) electrons. The largest absolute Gasteiger partial charge is 0.388 e. The maximum absolute atomic E-state index is 11.8. The Morgan fingerprint density at radius 2 is 1.96 bits per heavy atom. The van der Waals surface area contributed by atoms with Gasteiger partial charge in [0.15, 0.2) is 0 Å². The van der Waals surface area contributed by atoms with Gasteiger partial charge in [-0.05, 0) is 56.6 Å². The van der Waals surface area contributed by atoms with Crippen molar-refractivity contribution in [2.45, 2.75) is 44.1 Å². The number of carbonyl (C=O) groups is 1. The number of hydrogen-bond donors (Lipinski definition) is 3. The van der Waals surface area contributed by atoms with Crippen LogP contribution in [0.4, 0.5) is 10.5 Å². The molecule has 1 saturated carbocycles. The van der Waals surface area contributed by atoms with Crippen LogP contribution >= 0.6 is 0 Å². The van der Waals surface area contributed by atoms with Crippen LogP contribution in [0.2, 0.25) is 0 Å². The molecule has 1 aliphatic carbocycles. The number of aromatic nitrogens is 1. The van der Waals surface area contributed by atoms with E-state index in [2.05, 4.69) is 32.7 Å². The lowest BCUT2D eigenvalue weighted by molar-refractivity contribution is -0.0290. The van der Waals surface area contributed by atoms with Crippen molar-refractivity contribution in [1.82, 2.24) is 15.6 Å². The highest BCUT2D eigenvalue weighted by Gasteiger charge is 2.34. The van der Waals surface area contributed by atoms with Gasteiger partial charge in [0.25, 0.3) is 0 Å². The molecule has 0 aromatic carbocycles. The fraction of sp³-hybridized carbons (Fsp3) is 0.667. The Bertz CT molecular complexity index is 525. The van der Waals surface area contributed by atoms with Crippen LogP contribution in [0.25, 0.3) is 0 Å². The molecule has 6 nitrogen and oxygen atoms in total. The van der Waals surface area contributed by atoms with Gasteiger partial charge in [0.1, 0.15) is 0 Å². The fourth-order valence-corrected chi connectivity index (χ4v) is 3.49. The third-order valence-corrected chi connectivity index (χ3v) is 5.34. The predicted octanol–water partition coefficient (Wildman–Crippen LogP) is 1.90. The Balaban J connectivity index is 1.29. The lowest BCUT2D eigenvalue weighted by Gasteiger charge is -2.36. The van der Waals surface area contributed by atoms with Crippen molar-refractivity contribution in [1.29, 1.82) is 0 Å². The van der Waals surface area contributed by atoms with E-state index in [1.165, 1.54) is 5.69 Å².